The number of likely N-dealkylation sites (N-methyl/N-ethyl adjacent to an activating group) is 1. The lowest BCUT2D eigenvalue weighted by Gasteiger charge is -2.27. The van der Waals surface area contributed by atoms with E-state index < -0.39 is 0 Å². The number of carbonyl (C=O) groups is 1. The van der Waals surface area contributed by atoms with E-state index in [1.54, 1.807) is 12.1 Å². The smallest absolute Gasteiger partial charge is 0.231 e. The monoisotopic (exact) mass is 387 g/mol. The molecule has 0 amide bonds. The average Bonchev–Trinajstić information content (AvgIpc) is 3.32. The number of aldehydes is 1. The highest BCUT2D eigenvalue weighted by Gasteiger charge is 2.24. The molecule has 142 valence electrons. The Morgan fingerprint density at radius 3 is 2.67 bits per heavy atom. The Kier molecular flexibility index (Phi) is 6.47. The Morgan fingerprint density at radius 2 is 2.07 bits per heavy atom. The molecule has 0 aliphatic carbocycles. The number of carbonyl (C=O) groups excluding carboxylic acids is 1. The summed E-state index contributed by atoms with van der Waals surface area (Å²) in [5.41, 5.74) is 1.85. The van der Waals surface area contributed by atoms with Gasteiger partial charge in [0.2, 0.25) is 11.7 Å². The first-order valence-corrected chi connectivity index (χ1v) is 9.72. The summed E-state index contributed by atoms with van der Waals surface area (Å²) < 4.78 is 18.2. The summed E-state index contributed by atoms with van der Waals surface area (Å²) in [7, 11) is 2.10. The van der Waals surface area contributed by atoms with Crippen LogP contribution in [0, 0.1) is 12.7 Å². The van der Waals surface area contributed by atoms with Crippen LogP contribution < -0.4 is 0 Å². The zero-order valence-corrected chi connectivity index (χ0v) is 16.2. The van der Waals surface area contributed by atoms with Crippen LogP contribution in [0.15, 0.2) is 40.2 Å². The molecule has 0 radical (unpaired) electrons. The molecule has 0 spiro atoms. The number of aromatic nitrogens is 2. The van der Waals surface area contributed by atoms with Gasteiger partial charge in [-0.3, -0.25) is 4.79 Å². The maximum absolute atomic E-state index is 12.9. The molecule has 3 heterocycles. The van der Waals surface area contributed by atoms with Gasteiger partial charge in [-0.1, -0.05) is 5.16 Å². The quantitative estimate of drug-likeness (QED) is 0.617. The molecule has 1 atom stereocenters. The normalized spacial score (nSPS) is 17.2. The first kappa shape index (κ1) is 19.4. The number of nitrogens with zero attached hydrogens (tertiary/aromatic N) is 3. The summed E-state index contributed by atoms with van der Waals surface area (Å²) in [5.74, 6) is 1.26. The van der Waals surface area contributed by atoms with Crippen LogP contribution in [0.3, 0.4) is 0 Å². The molecule has 0 bridgehead atoms. The SMILES string of the molecule is CN1CCC[C@H](c2nc(-c3ccc(F)cc3)no2)C1.Cc1ccsc1C=O. The van der Waals surface area contributed by atoms with E-state index in [1.807, 2.05) is 18.4 Å². The van der Waals surface area contributed by atoms with Crippen LogP contribution in [0.2, 0.25) is 0 Å². The second-order valence-electron chi connectivity index (χ2n) is 6.65. The number of piperidine rings is 1. The maximum Gasteiger partial charge on any atom is 0.231 e. The fourth-order valence-corrected chi connectivity index (χ4v) is 3.72. The molecular weight excluding hydrogens is 365 g/mol. The molecule has 3 aromatic rings. The van der Waals surface area contributed by atoms with Crippen LogP contribution >= 0.6 is 11.3 Å². The topological polar surface area (TPSA) is 59.2 Å². The van der Waals surface area contributed by atoms with E-state index in [9.17, 15) is 9.18 Å². The van der Waals surface area contributed by atoms with Crippen molar-refractivity contribution in [2.24, 2.45) is 0 Å². The van der Waals surface area contributed by atoms with Crippen molar-refractivity contribution in [1.29, 1.82) is 0 Å². The summed E-state index contributed by atoms with van der Waals surface area (Å²) in [6.07, 6.45) is 3.12. The summed E-state index contributed by atoms with van der Waals surface area (Å²) >= 11 is 1.48. The molecular formula is C20H22FN3O2S. The second-order valence-corrected chi connectivity index (χ2v) is 7.60. The van der Waals surface area contributed by atoms with Gasteiger partial charge in [0.15, 0.2) is 6.29 Å². The first-order valence-electron chi connectivity index (χ1n) is 8.84. The minimum absolute atomic E-state index is 0.263. The van der Waals surface area contributed by atoms with Crippen molar-refractivity contribution in [3.8, 4) is 11.4 Å². The van der Waals surface area contributed by atoms with Crippen molar-refractivity contribution >= 4 is 17.6 Å². The third-order valence-electron chi connectivity index (χ3n) is 4.53. The van der Waals surface area contributed by atoms with Gasteiger partial charge < -0.3 is 9.42 Å². The number of thiophene rings is 1. The van der Waals surface area contributed by atoms with Crippen molar-refractivity contribution in [2.75, 3.05) is 20.1 Å². The highest BCUT2D eigenvalue weighted by Crippen LogP contribution is 2.26. The molecule has 1 saturated heterocycles. The molecule has 5 nitrogen and oxygen atoms in total. The Labute approximate surface area is 161 Å². The van der Waals surface area contributed by atoms with Gasteiger partial charge >= 0.3 is 0 Å². The zero-order chi connectivity index (χ0) is 19.2. The molecule has 1 aliphatic heterocycles. The van der Waals surface area contributed by atoms with Crippen molar-refractivity contribution < 1.29 is 13.7 Å². The van der Waals surface area contributed by atoms with E-state index in [0.29, 0.717) is 17.6 Å². The first-order chi connectivity index (χ1) is 13.1. The summed E-state index contributed by atoms with van der Waals surface area (Å²) in [5, 5.41) is 5.90. The van der Waals surface area contributed by atoms with Gasteiger partial charge in [0.25, 0.3) is 0 Å². The van der Waals surface area contributed by atoms with Gasteiger partial charge in [-0.2, -0.15) is 4.98 Å². The third-order valence-corrected chi connectivity index (χ3v) is 5.47. The summed E-state index contributed by atoms with van der Waals surface area (Å²) in [4.78, 5) is 17.7. The fourth-order valence-electron chi connectivity index (χ4n) is 2.99. The van der Waals surface area contributed by atoms with E-state index in [1.165, 1.54) is 23.5 Å². The minimum Gasteiger partial charge on any atom is -0.339 e. The Balaban J connectivity index is 0.000000221. The zero-order valence-electron chi connectivity index (χ0n) is 15.4. The van der Waals surface area contributed by atoms with Gasteiger partial charge in [-0.05, 0) is 74.6 Å². The maximum atomic E-state index is 12.9. The van der Waals surface area contributed by atoms with Crippen LogP contribution in [0.5, 0.6) is 0 Å². The standard InChI is InChI=1S/C14H16FN3O.C6H6OS/c1-18-8-2-3-11(9-18)14-16-13(17-19-14)10-4-6-12(15)7-5-10;1-5-2-3-8-6(5)4-7/h4-7,11H,2-3,8-9H2,1H3;2-4H,1H3/t11-;/m0./s1. The highest BCUT2D eigenvalue weighted by molar-refractivity contribution is 7.11. The van der Waals surface area contributed by atoms with Gasteiger partial charge in [0, 0.05) is 12.1 Å². The molecule has 2 aromatic heterocycles. The molecule has 1 aliphatic rings. The largest absolute Gasteiger partial charge is 0.339 e. The Bertz CT molecular complexity index is 875. The minimum atomic E-state index is -0.263. The van der Waals surface area contributed by atoms with E-state index in [2.05, 4.69) is 22.1 Å². The molecule has 7 heteroatoms. The summed E-state index contributed by atoms with van der Waals surface area (Å²) in [6.45, 7) is 4.00. The lowest BCUT2D eigenvalue weighted by molar-refractivity contribution is 0.112. The third kappa shape index (κ3) is 5.08. The predicted octanol–water partition coefficient (Wildman–Crippen LogP) is 4.55. The van der Waals surface area contributed by atoms with Crippen LogP contribution in [0.4, 0.5) is 4.39 Å². The molecule has 1 fully saturated rings. The number of hydrogen-bond acceptors (Lipinski definition) is 6. The molecule has 27 heavy (non-hydrogen) atoms. The molecule has 0 saturated carbocycles. The van der Waals surface area contributed by atoms with Crippen molar-refractivity contribution in [3.63, 3.8) is 0 Å². The van der Waals surface area contributed by atoms with Crippen molar-refractivity contribution in [2.45, 2.75) is 25.7 Å². The highest BCUT2D eigenvalue weighted by atomic mass is 32.1. The van der Waals surface area contributed by atoms with Crippen molar-refractivity contribution in [1.82, 2.24) is 15.0 Å². The van der Waals surface area contributed by atoms with E-state index in [-0.39, 0.29) is 5.82 Å². The number of hydrogen-bond donors (Lipinski definition) is 0. The van der Waals surface area contributed by atoms with Crippen LogP contribution in [-0.4, -0.2) is 41.5 Å². The molecule has 0 unspecified atom stereocenters. The fraction of sp³-hybridized carbons (Fsp3) is 0.350. The van der Waals surface area contributed by atoms with Crippen LogP contribution in [-0.2, 0) is 0 Å². The second kappa shape index (κ2) is 9.01. The molecule has 0 N–H and O–H groups in total. The number of rotatable bonds is 3. The average molecular weight is 387 g/mol. The number of aryl methyl sites for hydroxylation is 1. The van der Waals surface area contributed by atoms with E-state index in [0.717, 1.165) is 48.2 Å². The number of likely N-dealkylation sites (tertiary alicyclic amines) is 1. The lowest BCUT2D eigenvalue weighted by atomic mass is 9.98. The Morgan fingerprint density at radius 1 is 1.30 bits per heavy atom. The van der Waals surface area contributed by atoms with E-state index >= 15 is 0 Å². The van der Waals surface area contributed by atoms with Gasteiger partial charge in [0.1, 0.15) is 5.82 Å². The predicted molar refractivity (Wildman–Crippen MR) is 104 cm³/mol. The Hall–Kier alpha value is -2.38. The number of benzene rings is 1. The van der Waals surface area contributed by atoms with Crippen LogP contribution in [0.1, 0.15) is 39.9 Å². The lowest BCUT2D eigenvalue weighted by Crippen LogP contribution is -2.30. The van der Waals surface area contributed by atoms with Gasteiger partial charge in [-0.15, -0.1) is 11.3 Å². The number of halogens is 1. The molecule has 4 rings (SSSR count). The van der Waals surface area contributed by atoms with Crippen molar-refractivity contribution in [3.05, 3.63) is 57.9 Å². The van der Waals surface area contributed by atoms with E-state index in [4.69, 9.17) is 4.52 Å². The summed E-state index contributed by atoms with van der Waals surface area (Å²) in [6, 6.07) is 8.07. The van der Waals surface area contributed by atoms with Gasteiger partial charge in [-0.25, -0.2) is 4.39 Å². The van der Waals surface area contributed by atoms with Gasteiger partial charge in [0.05, 0.1) is 10.8 Å². The van der Waals surface area contributed by atoms with Crippen LogP contribution in [0.25, 0.3) is 11.4 Å². The molecule has 1 aromatic carbocycles.